The van der Waals surface area contributed by atoms with Crippen LogP contribution < -0.4 is 8.61 Å². The summed E-state index contributed by atoms with van der Waals surface area (Å²) in [5.41, 5.74) is 8.27. The molecule has 0 unspecified atom stereocenters. The van der Waals surface area contributed by atoms with Gasteiger partial charge in [-0.3, -0.25) is 8.61 Å². The third-order valence-electron chi connectivity index (χ3n) is 9.19. The number of benzene rings is 6. The molecule has 0 radical (unpaired) electrons. The minimum absolute atomic E-state index is 0.348. The lowest BCUT2D eigenvalue weighted by Crippen LogP contribution is -2.29. The molecule has 0 saturated heterocycles. The van der Waals surface area contributed by atoms with Crippen molar-refractivity contribution in [2.45, 2.75) is 119 Å². The topological polar surface area (TPSA) is 74.8 Å². The third kappa shape index (κ3) is 15.0. The molecular weight excluding hydrogens is 805 g/mol. The number of sulfonamides is 2. The Morgan fingerprint density at radius 3 is 1.13 bits per heavy atom. The first-order valence-electron chi connectivity index (χ1n) is 22.8. The maximum atomic E-state index is 13.1. The summed E-state index contributed by atoms with van der Waals surface area (Å²) in [5.74, 6) is 0. The molecule has 8 rings (SSSR count). The predicted octanol–water partition coefficient (Wildman–Crippen LogP) is 14.2. The lowest BCUT2D eigenvalue weighted by atomic mass is 10.1. The van der Waals surface area contributed by atoms with E-state index in [4.69, 9.17) is 0 Å². The molecule has 0 aromatic heterocycles. The Kier molecular flexibility index (Phi) is 26.5. The highest BCUT2D eigenvalue weighted by atomic mass is 32.2. The van der Waals surface area contributed by atoms with Crippen LogP contribution in [0.3, 0.4) is 0 Å². The molecule has 2 heterocycles. The highest BCUT2D eigenvalue weighted by Gasteiger charge is 2.31. The molecule has 2 aliphatic heterocycles. The van der Waals surface area contributed by atoms with Crippen molar-refractivity contribution in [1.29, 1.82) is 0 Å². The molecule has 6 aromatic rings. The van der Waals surface area contributed by atoms with E-state index in [1.54, 1.807) is 24.3 Å². The van der Waals surface area contributed by atoms with E-state index in [0.717, 1.165) is 59.3 Å². The molecule has 0 bridgehead atoms. The van der Waals surface area contributed by atoms with Crippen molar-refractivity contribution in [2.24, 2.45) is 0 Å². The minimum atomic E-state index is -3.53. The number of hydrogen-bond donors (Lipinski definition) is 0. The zero-order chi connectivity index (χ0) is 46.6. The van der Waals surface area contributed by atoms with Crippen LogP contribution in [-0.4, -0.2) is 29.9 Å². The van der Waals surface area contributed by atoms with Crippen LogP contribution in [-0.2, 0) is 45.7 Å². The van der Waals surface area contributed by atoms with Crippen molar-refractivity contribution < 1.29 is 16.8 Å². The van der Waals surface area contributed by atoms with Crippen molar-refractivity contribution in [3.63, 3.8) is 0 Å². The first-order chi connectivity index (χ1) is 30.3. The monoisotopic (exact) mass is 879 g/mol. The van der Waals surface area contributed by atoms with Crippen LogP contribution in [0.4, 0.5) is 11.4 Å². The van der Waals surface area contributed by atoms with Gasteiger partial charge in [-0.2, -0.15) is 0 Å². The van der Waals surface area contributed by atoms with Crippen LogP contribution in [0.25, 0.3) is 0 Å². The summed E-state index contributed by atoms with van der Waals surface area (Å²) in [5, 5.41) is 0. The number of nitrogens with zero attached hydrogens (tertiary/aromatic N) is 2. The maximum absolute atomic E-state index is 13.1. The summed E-state index contributed by atoms with van der Waals surface area (Å²) < 4.78 is 55.3. The van der Waals surface area contributed by atoms with Crippen LogP contribution in [0.5, 0.6) is 0 Å². The third-order valence-corrected chi connectivity index (χ3v) is 12.8. The molecule has 2 aliphatic rings. The Bertz CT molecular complexity index is 2310. The van der Waals surface area contributed by atoms with E-state index in [2.05, 4.69) is 24.3 Å². The van der Waals surface area contributed by atoms with Gasteiger partial charge in [-0.1, -0.05) is 204 Å². The Labute approximate surface area is 377 Å². The van der Waals surface area contributed by atoms with Crippen LogP contribution in [0.2, 0.25) is 0 Å². The lowest BCUT2D eigenvalue weighted by Gasteiger charge is -2.20. The number of para-hydroxylation sites is 2. The second-order valence-electron chi connectivity index (χ2n) is 12.5. The molecule has 62 heavy (non-hydrogen) atoms. The summed E-state index contributed by atoms with van der Waals surface area (Å²) >= 11 is 0. The number of fused-ring (bicyclic) bond motifs is 2. The minimum Gasteiger partial charge on any atom is -0.266 e. The summed E-state index contributed by atoms with van der Waals surface area (Å²) in [6.45, 7) is 25.0. The van der Waals surface area contributed by atoms with Gasteiger partial charge in [-0.15, -0.1) is 0 Å². The number of rotatable bonds is 8. The lowest BCUT2D eigenvalue weighted by molar-refractivity contribution is 0.590. The fourth-order valence-electron chi connectivity index (χ4n) is 6.63. The summed E-state index contributed by atoms with van der Waals surface area (Å²) in [6.07, 6.45) is 3.05. The fourth-order valence-corrected chi connectivity index (χ4v) is 9.71. The zero-order valence-corrected chi connectivity index (χ0v) is 41.2. The quantitative estimate of drug-likeness (QED) is 0.153. The van der Waals surface area contributed by atoms with Gasteiger partial charge in [0.05, 0.1) is 21.2 Å². The number of anilines is 2. The van der Waals surface area contributed by atoms with Crippen molar-refractivity contribution >= 4 is 31.4 Å². The van der Waals surface area contributed by atoms with Crippen LogP contribution in [0, 0.1) is 0 Å². The van der Waals surface area contributed by atoms with Crippen molar-refractivity contribution in [3.8, 4) is 0 Å². The molecule has 6 aromatic carbocycles. The van der Waals surface area contributed by atoms with Gasteiger partial charge in [-0.25, -0.2) is 16.8 Å². The predicted molar refractivity (Wildman–Crippen MR) is 269 cm³/mol. The molecule has 8 heteroatoms. The van der Waals surface area contributed by atoms with Crippen LogP contribution >= 0.6 is 0 Å². The van der Waals surface area contributed by atoms with Gasteiger partial charge in [-0.05, 0) is 95.5 Å². The summed E-state index contributed by atoms with van der Waals surface area (Å²) in [6, 6.07) is 50.2. The highest BCUT2D eigenvalue weighted by molar-refractivity contribution is 7.93. The Hall–Kier alpha value is -5.18. The van der Waals surface area contributed by atoms with Gasteiger partial charge >= 0.3 is 0 Å². The van der Waals surface area contributed by atoms with Gasteiger partial charge in [0.25, 0.3) is 20.0 Å². The number of hydrogen-bond acceptors (Lipinski definition) is 4. The van der Waals surface area contributed by atoms with Crippen molar-refractivity contribution in [1.82, 2.24) is 0 Å². The first-order valence-corrected chi connectivity index (χ1v) is 25.6. The van der Waals surface area contributed by atoms with Crippen molar-refractivity contribution in [2.75, 3.05) is 21.7 Å². The highest BCUT2D eigenvalue weighted by Crippen LogP contribution is 2.34. The summed E-state index contributed by atoms with van der Waals surface area (Å²) in [4.78, 5) is 0.707. The molecular formula is C54H74N2O4S2. The molecule has 0 N–H and O–H groups in total. The molecule has 0 amide bonds. The average Bonchev–Trinajstić information content (AvgIpc) is 4.01. The second kappa shape index (κ2) is 30.0. The Morgan fingerprint density at radius 1 is 0.355 bits per heavy atom. The van der Waals surface area contributed by atoms with Gasteiger partial charge in [0, 0.05) is 13.1 Å². The fraction of sp³-hybridized carbons (Fsp3) is 0.333. The van der Waals surface area contributed by atoms with Crippen molar-refractivity contribution in [3.05, 3.63) is 191 Å². The first kappa shape index (κ1) is 54.8. The van der Waals surface area contributed by atoms with Crippen LogP contribution in [0.15, 0.2) is 168 Å². The van der Waals surface area contributed by atoms with Crippen LogP contribution in [0.1, 0.15) is 116 Å². The second-order valence-corrected chi connectivity index (χ2v) is 16.3. The van der Waals surface area contributed by atoms with E-state index >= 15 is 0 Å². The standard InChI is InChI=1S/2C21H19NO2S.6C2H6/c23-25(24,22-14-13-19-10-4-5-12-21(19)22)20-11-6-9-18(16-20)15-17-7-2-1-3-8-17;23-25(24,22-15-14-19-8-4-5-9-21(19)22)20-12-10-18(11-13-20)16-17-6-2-1-3-7-17;6*1-2/h1-12,16H,13-15H2;1-13H,14-16H2;6*1-2H3. The van der Waals surface area contributed by atoms with E-state index < -0.39 is 20.0 Å². The largest absolute Gasteiger partial charge is 0.266 e. The normalized spacial score (nSPS) is 11.6. The van der Waals surface area contributed by atoms with Gasteiger partial charge in [0.1, 0.15) is 0 Å². The van der Waals surface area contributed by atoms with E-state index in [1.165, 1.54) is 19.7 Å². The smallest absolute Gasteiger partial charge is 0.264 e. The van der Waals surface area contributed by atoms with E-state index in [-0.39, 0.29) is 0 Å². The SMILES string of the molecule is CC.CC.CC.CC.CC.CC.O=S(=O)(c1ccc(Cc2ccccc2)cc1)N1CCc2ccccc21.O=S(=O)(c1cccc(Cc2ccccc2)c1)N1CCc2ccccc21. The van der Waals surface area contributed by atoms with Gasteiger partial charge < -0.3 is 0 Å². The average molecular weight is 879 g/mol. The van der Waals surface area contributed by atoms with E-state index in [9.17, 15) is 16.8 Å². The Balaban J connectivity index is 0.000000500. The summed E-state index contributed by atoms with van der Waals surface area (Å²) in [7, 11) is -7.04. The molecule has 0 fully saturated rings. The van der Waals surface area contributed by atoms with E-state index in [1.807, 2.05) is 192 Å². The molecule has 6 nitrogen and oxygen atoms in total. The zero-order valence-electron chi connectivity index (χ0n) is 39.6. The molecule has 0 spiro atoms. The van der Waals surface area contributed by atoms with Gasteiger partial charge in [0.2, 0.25) is 0 Å². The Morgan fingerprint density at radius 2 is 0.694 bits per heavy atom. The van der Waals surface area contributed by atoms with E-state index in [0.29, 0.717) is 22.9 Å². The molecule has 0 aliphatic carbocycles. The molecule has 0 saturated carbocycles. The molecule has 0 atom stereocenters. The maximum Gasteiger partial charge on any atom is 0.264 e. The van der Waals surface area contributed by atoms with Gasteiger partial charge in [0.15, 0.2) is 0 Å². The molecule has 336 valence electrons.